The molecular formula is C17H11NO3. The second-order valence-electron chi connectivity index (χ2n) is 4.91. The van der Waals surface area contributed by atoms with Crippen molar-refractivity contribution in [3.05, 3.63) is 65.4 Å². The van der Waals surface area contributed by atoms with Crippen molar-refractivity contribution in [2.45, 2.75) is 0 Å². The van der Waals surface area contributed by atoms with Crippen LogP contribution in [0.25, 0.3) is 16.6 Å². The number of rotatable bonds is 1. The summed E-state index contributed by atoms with van der Waals surface area (Å²) in [6.07, 6.45) is 0. The molecule has 2 heterocycles. The molecule has 0 atom stereocenters. The molecule has 0 bridgehead atoms. The lowest BCUT2D eigenvalue weighted by Gasteiger charge is -2.02. The van der Waals surface area contributed by atoms with Crippen LogP contribution in [0.4, 0.5) is 0 Å². The van der Waals surface area contributed by atoms with Crippen LogP contribution in [0.1, 0.15) is 26.4 Å². The number of nitrogens with zero attached hydrogens (tertiary/aromatic N) is 1. The molecule has 1 aliphatic heterocycles. The Balaban J connectivity index is 2.20. The molecule has 3 aromatic rings. The molecule has 0 unspecified atom stereocenters. The van der Waals surface area contributed by atoms with Gasteiger partial charge in [-0.3, -0.25) is 4.79 Å². The predicted molar refractivity (Wildman–Crippen MR) is 78.0 cm³/mol. The first kappa shape index (κ1) is 11.9. The third-order valence-corrected chi connectivity index (χ3v) is 3.87. The molecular weight excluding hydrogens is 266 g/mol. The highest BCUT2D eigenvalue weighted by molar-refractivity contribution is 6.23. The number of carbonyl (C=O) groups is 2. The van der Waals surface area contributed by atoms with Crippen LogP contribution < -0.4 is 0 Å². The van der Waals surface area contributed by atoms with Gasteiger partial charge in [-0.2, -0.15) is 0 Å². The van der Waals surface area contributed by atoms with Crippen molar-refractivity contribution < 1.29 is 14.3 Å². The van der Waals surface area contributed by atoms with Gasteiger partial charge in [0.05, 0.1) is 23.9 Å². The number of hydrogen-bond donors (Lipinski definition) is 0. The highest BCUT2D eigenvalue weighted by Gasteiger charge is 2.35. The molecule has 4 nitrogen and oxygen atoms in total. The highest BCUT2D eigenvalue weighted by Crippen LogP contribution is 2.37. The van der Waals surface area contributed by atoms with E-state index in [1.165, 1.54) is 7.11 Å². The van der Waals surface area contributed by atoms with Crippen molar-refractivity contribution in [3.8, 4) is 5.69 Å². The van der Waals surface area contributed by atoms with E-state index in [9.17, 15) is 9.59 Å². The van der Waals surface area contributed by atoms with Gasteiger partial charge in [-0.15, -0.1) is 0 Å². The first-order chi connectivity index (χ1) is 10.2. The SMILES string of the molecule is COC(=O)c1c2n(c3ccccc13)-c1ccccc1C2=O. The van der Waals surface area contributed by atoms with Crippen LogP contribution in [0, 0.1) is 0 Å². The number of fused-ring (bicyclic) bond motifs is 5. The van der Waals surface area contributed by atoms with Gasteiger partial charge < -0.3 is 9.30 Å². The molecule has 0 spiro atoms. The molecule has 21 heavy (non-hydrogen) atoms. The fraction of sp³-hybridized carbons (Fsp3) is 0.0588. The van der Waals surface area contributed by atoms with Gasteiger partial charge >= 0.3 is 5.97 Å². The van der Waals surface area contributed by atoms with E-state index in [-0.39, 0.29) is 5.78 Å². The lowest BCUT2D eigenvalue weighted by Crippen LogP contribution is -2.08. The van der Waals surface area contributed by atoms with Gasteiger partial charge in [0, 0.05) is 10.9 Å². The summed E-state index contributed by atoms with van der Waals surface area (Å²) in [5.41, 5.74) is 3.00. The Morgan fingerprint density at radius 2 is 1.76 bits per heavy atom. The van der Waals surface area contributed by atoms with Gasteiger partial charge in [0.2, 0.25) is 5.78 Å². The average molecular weight is 277 g/mol. The number of methoxy groups -OCH3 is 1. The van der Waals surface area contributed by atoms with Crippen molar-refractivity contribution in [2.24, 2.45) is 0 Å². The van der Waals surface area contributed by atoms with Crippen molar-refractivity contribution in [1.82, 2.24) is 4.57 Å². The number of hydrogen-bond acceptors (Lipinski definition) is 3. The van der Waals surface area contributed by atoms with E-state index in [2.05, 4.69) is 0 Å². The topological polar surface area (TPSA) is 48.3 Å². The first-order valence-corrected chi connectivity index (χ1v) is 6.60. The smallest absolute Gasteiger partial charge is 0.340 e. The number of ketones is 1. The quantitative estimate of drug-likeness (QED) is 0.503. The largest absolute Gasteiger partial charge is 0.465 e. The molecule has 2 aromatic carbocycles. The minimum Gasteiger partial charge on any atom is -0.465 e. The lowest BCUT2D eigenvalue weighted by molar-refractivity contribution is 0.0600. The molecule has 4 heteroatoms. The molecule has 1 aliphatic rings. The Hall–Kier alpha value is -2.88. The van der Waals surface area contributed by atoms with Crippen LogP contribution >= 0.6 is 0 Å². The molecule has 0 fully saturated rings. The summed E-state index contributed by atoms with van der Waals surface area (Å²) in [5, 5.41) is 0.738. The monoisotopic (exact) mass is 277 g/mol. The summed E-state index contributed by atoms with van der Waals surface area (Å²) in [7, 11) is 1.33. The van der Waals surface area contributed by atoms with Crippen LogP contribution in [0.3, 0.4) is 0 Å². The zero-order valence-electron chi connectivity index (χ0n) is 11.3. The zero-order chi connectivity index (χ0) is 14.6. The number of aromatic nitrogens is 1. The number of benzene rings is 2. The third-order valence-electron chi connectivity index (χ3n) is 3.87. The van der Waals surface area contributed by atoms with Crippen molar-refractivity contribution in [1.29, 1.82) is 0 Å². The number of esters is 1. The molecule has 0 amide bonds. The van der Waals surface area contributed by atoms with Gasteiger partial charge in [0.15, 0.2) is 0 Å². The summed E-state index contributed by atoms with van der Waals surface area (Å²) in [6.45, 7) is 0. The van der Waals surface area contributed by atoms with Crippen LogP contribution in [0.5, 0.6) is 0 Å². The normalized spacial score (nSPS) is 12.3. The Labute approximate surface area is 120 Å². The Morgan fingerprint density at radius 1 is 1.05 bits per heavy atom. The van der Waals surface area contributed by atoms with Gasteiger partial charge in [-0.05, 0) is 18.2 Å². The van der Waals surface area contributed by atoms with Gasteiger partial charge in [-0.1, -0.05) is 30.3 Å². The summed E-state index contributed by atoms with van der Waals surface area (Å²) < 4.78 is 6.72. The second kappa shape index (κ2) is 4.06. The highest BCUT2D eigenvalue weighted by atomic mass is 16.5. The van der Waals surface area contributed by atoms with Gasteiger partial charge in [0.25, 0.3) is 0 Å². The molecule has 0 saturated heterocycles. The van der Waals surface area contributed by atoms with E-state index in [4.69, 9.17) is 4.74 Å². The van der Waals surface area contributed by atoms with Crippen molar-refractivity contribution in [2.75, 3.05) is 7.11 Å². The summed E-state index contributed by atoms with van der Waals surface area (Å²) in [6, 6.07) is 14.8. The summed E-state index contributed by atoms with van der Waals surface area (Å²) in [4.78, 5) is 24.8. The van der Waals surface area contributed by atoms with Crippen LogP contribution in [0.15, 0.2) is 48.5 Å². The maximum absolute atomic E-state index is 12.7. The molecule has 0 saturated carbocycles. The van der Waals surface area contributed by atoms with E-state index in [0.717, 1.165) is 16.6 Å². The molecule has 1 aromatic heterocycles. The average Bonchev–Trinajstić information content (AvgIpc) is 3.01. The molecule has 102 valence electrons. The van der Waals surface area contributed by atoms with E-state index in [0.29, 0.717) is 16.8 Å². The Morgan fingerprint density at radius 3 is 2.57 bits per heavy atom. The molecule has 0 aliphatic carbocycles. The minimum absolute atomic E-state index is 0.137. The summed E-state index contributed by atoms with van der Waals surface area (Å²) in [5.74, 6) is -0.622. The van der Waals surface area contributed by atoms with Crippen LogP contribution in [0.2, 0.25) is 0 Å². The first-order valence-electron chi connectivity index (χ1n) is 6.60. The van der Waals surface area contributed by atoms with E-state index >= 15 is 0 Å². The van der Waals surface area contributed by atoms with Crippen LogP contribution in [-0.2, 0) is 4.74 Å². The van der Waals surface area contributed by atoms with Gasteiger partial charge in [0.1, 0.15) is 5.69 Å². The maximum Gasteiger partial charge on any atom is 0.340 e. The Bertz CT molecular complexity index is 921. The second-order valence-corrected chi connectivity index (χ2v) is 4.91. The standard InChI is InChI=1S/C17H11NO3/c1-21-17(20)14-10-6-2-4-8-12(10)18-13-9-5-3-7-11(13)16(19)15(14)18/h2-9H,1H3. The fourth-order valence-corrected chi connectivity index (χ4v) is 3.00. The van der Waals surface area contributed by atoms with Crippen LogP contribution in [-0.4, -0.2) is 23.4 Å². The summed E-state index contributed by atoms with van der Waals surface area (Å²) >= 11 is 0. The van der Waals surface area contributed by atoms with Gasteiger partial charge in [-0.25, -0.2) is 4.79 Å². The molecule has 4 rings (SSSR count). The third kappa shape index (κ3) is 1.39. The number of para-hydroxylation sites is 2. The van der Waals surface area contributed by atoms with E-state index < -0.39 is 5.97 Å². The zero-order valence-corrected chi connectivity index (χ0v) is 11.3. The molecule has 0 radical (unpaired) electrons. The van der Waals surface area contributed by atoms with E-state index in [1.807, 2.05) is 47.0 Å². The Kier molecular flexibility index (Phi) is 2.30. The molecule has 0 N–H and O–H groups in total. The predicted octanol–water partition coefficient (Wildman–Crippen LogP) is 2.96. The van der Waals surface area contributed by atoms with E-state index in [1.54, 1.807) is 6.07 Å². The minimum atomic E-state index is -0.485. The van der Waals surface area contributed by atoms with Crippen molar-refractivity contribution in [3.63, 3.8) is 0 Å². The number of carbonyl (C=O) groups excluding carboxylic acids is 2. The number of ether oxygens (including phenoxy) is 1. The lowest BCUT2D eigenvalue weighted by atomic mass is 10.0. The van der Waals surface area contributed by atoms with Crippen molar-refractivity contribution >= 4 is 22.7 Å². The fourth-order valence-electron chi connectivity index (χ4n) is 3.00. The maximum atomic E-state index is 12.7.